The molecule has 1 amide bonds. The quantitative estimate of drug-likeness (QED) is 0.674. The number of rotatable bonds is 7. The van der Waals surface area contributed by atoms with Gasteiger partial charge >= 0.3 is 5.97 Å². The maximum atomic E-state index is 12.4. The van der Waals surface area contributed by atoms with E-state index in [0.717, 1.165) is 24.2 Å². The molecule has 1 unspecified atom stereocenters. The predicted octanol–water partition coefficient (Wildman–Crippen LogP) is 2.79. The second-order valence-electron chi connectivity index (χ2n) is 6.67. The van der Waals surface area contributed by atoms with Gasteiger partial charge < -0.3 is 18.9 Å². The minimum absolute atomic E-state index is 0.00727. The van der Waals surface area contributed by atoms with Crippen molar-refractivity contribution in [3.05, 3.63) is 30.2 Å². The van der Waals surface area contributed by atoms with Gasteiger partial charge in [0.25, 0.3) is 0 Å². The summed E-state index contributed by atoms with van der Waals surface area (Å²) in [4.78, 5) is 30.2. The van der Waals surface area contributed by atoms with E-state index >= 15 is 0 Å². The number of piperidine rings is 1. The van der Waals surface area contributed by atoms with Crippen molar-refractivity contribution in [3.63, 3.8) is 0 Å². The first kappa shape index (κ1) is 19.9. The summed E-state index contributed by atoms with van der Waals surface area (Å²) in [5, 5.41) is 4.08. The summed E-state index contributed by atoms with van der Waals surface area (Å²) in [6, 6.07) is 7.46. The van der Waals surface area contributed by atoms with Crippen LogP contribution in [0.15, 0.2) is 28.8 Å². The number of benzene rings is 1. The highest BCUT2D eigenvalue weighted by atomic mass is 16.5. The van der Waals surface area contributed by atoms with E-state index in [0.29, 0.717) is 31.4 Å². The largest absolute Gasteiger partial charge is 0.497 e. The molecule has 1 aromatic heterocycles. The fourth-order valence-corrected chi connectivity index (χ4v) is 3.29. The van der Waals surface area contributed by atoms with Crippen molar-refractivity contribution in [3.8, 4) is 17.1 Å². The number of methoxy groups -OCH3 is 1. The molecule has 3 rings (SSSR count). The van der Waals surface area contributed by atoms with Crippen LogP contribution in [0.3, 0.4) is 0 Å². The Hall–Kier alpha value is -2.90. The highest BCUT2D eigenvalue weighted by Crippen LogP contribution is 2.28. The molecule has 0 saturated carbocycles. The molecule has 1 atom stereocenters. The van der Waals surface area contributed by atoms with Gasteiger partial charge in [0, 0.05) is 25.1 Å². The molecule has 150 valence electrons. The van der Waals surface area contributed by atoms with Crippen LogP contribution in [0.1, 0.15) is 44.4 Å². The minimum Gasteiger partial charge on any atom is -0.497 e. The third-order valence-electron chi connectivity index (χ3n) is 4.74. The molecule has 28 heavy (non-hydrogen) atoms. The Labute approximate surface area is 163 Å². The van der Waals surface area contributed by atoms with Gasteiger partial charge in [0.2, 0.25) is 17.6 Å². The molecule has 2 heterocycles. The molecule has 1 saturated heterocycles. The zero-order chi connectivity index (χ0) is 19.9. The van der Waals surface area contributed by atoms with E-state index in [1.807, 2.05) is 24.3 Å². The zero-order valence-corrected chi connectivity index (χ0v) is 16.2. The normalized spacial score (nSPS) is 16.6. The first-order chi connectivity index (χ1) is 13.6. The fraction of sp³-hybridized carbons (Fsp3) is 0.500. The third-order valence-corrected chi connectivity index (χ3v) is 4.74. The topological polar surface area (TPSA) is 94.8 Å². The van der Waals surface area contributed by atoms with Crippen molar-refractivity contribution in [2.45, 2.75) is 38.5 Å². The highest BCUT2D eigenvalue weighted by Gasteiger charge is 2.29. The van der Waals surface area contributed by atoms with Crippen LogP contribution in [0.5, 0.6) is 5.75 Å². The van der Waals surface area contributed by atoms with E-state index in [1.165, 1.54) is 0 Å². The lowest BCUT2D eigenvalue weighted by Crippen LogP contribution is -2.39. The van der Waals surface area contributed by atoms with Crippen LogP contribution in [0.4, 0.5) is 0 Å². The smallest absolute Gasteiger partial charge is 0.306 e. The van der Waals surface area contributed by atoms with E-state index in [-0.39, 0.29) is 30.6 Å². The van der Waals surface area contributed by atoms with Gasteiger partial charge in [-0.25, -0.2) is 0 Å². The molecule has 1 fully saturated rings. The molecule has 8 heteroatoms. The summed E-state index contributed by atoms with van der Waals surface area (Å²) in [5.74, 6) is 1.35. The third kappa shape index (κ3) is 4.88. The molecule has 1 aliphatic heterocycles. The summed E-state index contributed by atoms with van der Waals surface area (Å²) >= 11 is 0. The van der Waals surface area contributed by atoms with E-state index < -0.39 is 0 Å². The fourth-order valence-electron chi connectivity index (χ4n) is 3.29. The zero-order valence-electron chi connectivity index (χ0n) is 16.2. The Morgan fingerprint density at radius 3 is 2.96 bits per heavy atom. The second-order valence-corrected chi connectivity index (χ2v) is 6.67. The Morgan fingerprint density at radius 2 is 2.18 bits per heavy atom. The summed E-state index contributed by atoms with van der Waals surface area (Å²) in [7, 11) is 1.61. The molecule has 2 aromatic rings. The number of nitrogens with zero attached hydrogens (tertiary/aromatic N) is 3. The van der Waals surface area contributed by atoms with E-state index in [4.69, 9.17) is 14.0 Å². The maximum Gasteiger partial charge on any atom is 0.306 e. The Morgan fingerprint density at radius 1 is 1.32 bits per heavy atom. The van der Waals surface area contributed by atoms with Gasteiger partial charge in [0.1, 0.15) is 5.75 Å². The Bertz CT molecular complexity index is 820. The van der Waals surface area contributed by atoms with Crippen LogP contribution in [-0.2, 0) is 14.3 Å². The van der Waals surface area contributed by atoms with Gasteiger partial charge in [0.15, 0.2) is 0 Å². The van der Waals surface area contributed by atoms with Crippen LogP contribution in [0.2, 0.25) is 0 Å². The molecule has 0 spiro atoms. The highest BCUT2D eigenvalue weighted by molar-refractivity contribution is 5.81. The van der Waals surface area contributed by atoms with Crippen molar-refractivity contribution in [1.29, 1.82) is 0 Å². The van der Waals surface area contributed by atoms with Gasteiger partial charge in [-0.2, -0.15) is 4.98 Å². The lowest BCUT2D eigenvalue weighted by atomic mass is 9.97. The van der Waals surface area contributed by atoms with Gasteiger partial charge in [0.05, 0.1) is 26.1 Å². The number of esters is 1. The molecule has 0 bridgehead atoms. The number of carbonyl (C=O) groups excluding carboxylic acids is 2. The standard InChI is InChI=1S/C20H25N3O5/c1-3-27-18(25)10-9-17(24)23-11-5-7-15(13-23)20-21-19(22-28-20)14-6-4-8-16(12-14)26-2/h4,6,8,12,15H,3,5,7,9-11,13H2,1-2H3. The molecule has 8 nitrogen and oxygen atoms in total. The van der Waals surface area contributed by atoms with Gasteiger partial charge in [-0.1, -0.05) is 17.3 Å². The van der Waals surface area contributed by atoms with Gasteiger partial charge in [-0.05, 0) is 31.9 Å². The van der Waals surface area contributed by atoms with Crippen molar-refractivity contribution in [2.24, 2.45) is 0 Å². The van der Waals surface area contributed by atoms with E-state index in [9.17, 15) is 9.59 Å². The van der Waals surface area contributed by atoms with Crippen molar-refractivity contribution >= 4 is 11.9 Å². The molecular formula is C20H25N3O5. The van der Waals surface area contributed by atoms with E-state index in [1.54, 1.807) is 18.9 Å². The number of amides is 1. The Kier molecular flexibility index (Phi) is 6.62. The molecule has 0 aliphatic carbocycles. The number of hydrogen-bond acceptors (Lipinski definition) is 7. The van der Waals surface area contributed by atoms with Gasteiger partial charge in [-0.15, -0.1) is 0 Å². The number of aromatic nitrogens is 2. The van der Waals surface area contributed by atoms with Crippen molar-refractivity contribution in [2.75, 3.05) is 26.8 Å². The van der Waals surface area contributed by atoms with Crippen LogP contribution in [-0.4, -0.2) is 53.7 Å². The average Bonchev–Trinajstić information content (AvgIpc) is 3.23. The van der Waals surface area contributed by atoms with Gasteiger partial charge in [-0.3, -0.25) is 9.59 Å². The summed E-state index contributed by atoms with van der Waals surface area (Å²) in [5.41, 5.74) is 0.813. The average molecular weight is 387 g/mol. The monoisotopic (exact) mass is 387 g/mol. The maximum absolute atomic E-state index is 12.4. The van der Waals surface area contributed by atoms with Crippen LogP contribution < -0.4 is 4.74 Å². The molecular weight excluding hydrogens is 362 g/mol. The first-order valence-electron chi connectivity index (χ1n) is 9.52. The Balaban J connectivity index is 1.62. The lowest BCUT2D eigenvalue weighted by molar-refractivity contribution is -0.146. The van der Waals surface area contributed by atoms with Crippen LogP contribution >= 0.6 is 0 Å². The summed E-state index contributed by atoms with van der Waals surface area (Å²) in [6.45, 7) is 3.27. The molecule has 0 N–H and O–H groups in total. The number of carbonyl (C=O) groups is 2. The SMILES string of the molecule is CCOC(=O)CCC(=O)N1CCCC(c2nc(-c3cccc(OC)c3)no2)C1. The molecule has 1 aromatic carbocycles. The van der Waals surface area contributed by atoms with Crippen molar-refractivity contribution < 1.29 is 23.6 Å². The second kappa shape index (κ2) is 9.34. The number of ether oxygens (including phenoxy) is 2. The minimum atomic E-state index is -0.343. The number of likely N-dealkylation sites (tertiary alicyclic amines) is 1. The lowest BCUT2D eigenvalue weighted by Gasteiger charge is -2.31. The predicted molar refractivity (Wildman–Crippen MR) is 101 cm³/mol. The van der Waals surface area contributed by atoms with Crippen molar-refractivity contribution in [1.82, 2.24) is 15.0 Å². The summed E-state index contributed by atoms with van der Waals surface area (Å²) < 4.78 is 15.6. The molecule has 1 aliphatic rings. The first-order valence-corrected chi connectivity index (χ1v) is 9.52. The molecule has 0 radical (unpaired) electrons. The van der Waals surface area contributed by atoms with Crippen LogP contribution in [0.25, 0.3) is 11.4 Å². The van der Waals surface area contributed by atoms with E-state index in [2.05, 4.69) is 10.1 Å². The number of hydrogen-bond donors (Lipinski definition) is 0. The summed E-state index contributed by atoms with van der Waals surface area (Å²) in [6.07, 6.45) is 1.99. The van der Waals surface area contributed by atoms with Crippen LogP contribution in [0, 0.1) is 0 Å².